The lowest BCUT2D eigenvalue weighted by atomic mass is 10.1. The van der Waals surface area contributed by atoms with E-state index in [4.69, 9.17) is 27.3 Å². The van der Waals surface area contributed by atoms with E-state index in [9.17, 15) is 0 Å². The van der Waals surface area contributed by atoms with Gasteiger partial charge in [-0.15, -0.1) is 0 Å². The Morgan fingerprint density at radius 1 is 1.57 bits per heavy atom. The van der Waals surface area contributed by atoms with Crippen LogP contribution in [0.25, 0.3) is 0 Å². The molecule has 0 aliphatic carbocycles. The fraction of sp³-hybridized carbons (Fsp3) is 0.300. The van der Waals surface area contributed by atoms with E-state index in [1.54, 1.807) is 25.3 Å². The molecule has 0 amide bonds. The average Bonchev–Trinajstić information content (AvgIpc) is 2.17. The topological polar surface area (TPSA) is 59.0 Å². The minimum Gasteiger partial charge on any atom is -0.497 e. The lowest BCUT2D eigenvalue weighted by Gasteiger charge is -2.10. The summed E-state index contributed by atoms with van der Waals surface area (Å²) in [6.45, 7) is 0. The van der Waals surface area contributed by atoms with Crippen LogP contribution in [-0.2, 0) is 0 Å². The Morgan fingerprint density at radius 2 is 2.29 bits per heavy atom. The Balaban J connectivity index is 2.97. The molecule has 1 aromatic carbocycles. The van der Waals surface area contributed by atoms with Gasteiger partial charge < -0.3 is 10.5 Å². The summed E-state index contributed by atoms with van der Waals surface area (Å²) in [5, 5.41) is 9.06. The minimum atomic E-state index is -0.312. The van der Waals surface area contributed by atoms with E-state index < -0.39 is 0 Å². The van der Waals surface area contributed by atoms with Crippen molar-refractivity contribution in [2.45, 2.75) is 12.5 Å². The van der Waals surface area contributed by atoms with Crippen molar-refractivity contribution in [1.29, 1.82) is 5.26 Å². The molecule has 0 heterocycles. The summed E-state index contributed by atoms with van der Waals surface area (Å²) in [5.74, 6) is 0.654. The number of methoxy groups -OCH3 is 1. The first-order valence-electron chi connectivity index (χ1n) is 4.14. The Morgan fingerprint density at radius 3 is 2.86 bits per heavy atom. The lowest BCUT2D eigenvalue weighted by Crippen LogP contribution is -2.09. The number of rotatable bonds is 3. The van der Waals surface area contributed by atoms with Gasteiger partial charge in [-0.3, -0.25) is 0 Å². The molecule has 1 atom stereocenters. The molecule has 0 saturated carbocycles. The van der Waals surface area contributed by atoms with E-state index >= 15 is 0 Å². The van der Waals surface area contributed by atoms with Crippen molar-refractivity contribution in [1.82, 2.24) is 0 Å². The van der Waals surface area contributed by atoms with Crippen LogP contribution < -0.4 is 10.5 Å². The van der Waals surface area contributed by atoms with Crippen LogP contribution in [0, 0.1) is 11.3 Å². The Bertz CT molecular complexity index is 360. The summed E-state index contributed by atoms with van der Waals surface area (Å²) in [6.07, 6.45) is 0.267. The van der Waals surface area contributed by atoms with E-state index in [1.165, 1.54) is 0 Å². The highest BCUT2D eigenvalue weighted by Gasteiger charge is 2.07. The number of halogens is 1. The van der Waals surface area contributed by atoms with Crippen molar-refractivity contribution in [2.75, 3.05) is 7.11 Å². The third-order valence-electron chi connectivity index (χ3n) is 1.87. The van der Waals surface area contributed by atoms with Gasteiger partial charge in [0, 0.05) is 11.1 Å². The number of ether oxygens (including phenoxy) is 1. The molecule has 0 spiro atoms. The maximum Gasteiger partial charge on any atom is 0.120 e. The van der Waals surface area contributed by atoms with E-state index in [0.717, 1.165) is 5.56 Å². The molecule has 0 radical (unpaired) electrons. The highest BCUT2D eigenvalue weighted by Crippen LogP contribution is 2.24. The second-order valence-electron chi connectivity index (χ2n) is 2.89. The van der Waals surface area contributed by atoms with Crippen LogP contribution in [0.5, 0.6) is 5.75 Å². The van der Waals surface area contributed by atoms with Crippen molar-refractivity contribution >= 4 is 11.6 Å². The van der Waals surface area contributed by atoms with Crippen LogP contribution in [0.15, 0.2) is 18.2 Å². The van der Waals surface area contributed by atoms with Crippen LogP contribution >= 0.6 is 11.6 Å². The smallest absolute Gasteiger partial charge is 0.120 e. The van der Waals surface area contributed by atoms with Crippen LogP contribution in [0.2, 0.25) is 5.02 Å². The van der Waals surface area contributed by atoms with Crippen LogP contribution in [0.4, 0.5) is 0 Å². The molecule has 74 valence electrons. The number of nitrogens with two attached hydrogens (primary N) is 1. The van der Waals surface area contributed by atoms with E-state index in [-0.39, 0.29) is 12.5 Å². The van der Waals surface area contributed by atoms with Crippen molar-refractivity contribution < 1.29 is 4.74 Å². The molecular weight excluding hydrogens is 200 g/mol. The maximum atomic E-state index is 8.50. The van der Waals surface area contributed by atoms with Crippen molar-refractivity contribution in [3.8, 4) is 11.8 Å². The lowest BCUT2D eigenvalue weighted by molar-refractivity contribution is 0.414. The zero-order valence-electron chi connectivity index (χ0n) is 7.83. The van der Waals surface area contributed by atoms with E-state index in [2.05, 4.69) is 0 Å². The molecule has 4 heteroatoms. The Hall–Kier alpha value is -1.24. The van der Waals surface area contributed by atoms with Gasteiger partial charge in [-0.2, -0.15) is 5.26 Å². The number of benzene rings is 1. The van der Waals surface area contributed by atoms with Gasteiger partial charge >= 0.3 is 0 Å². The predicted molar refractivity (Wildman–Crippen MR) is 55.2 cm³/mol. The second kappa shape index (κ2) is 4.85. The predicted octanol–water partition coefficient (Wildman–Crippen LogP) is 2.26. The van der Waals surface area contributed by atoms with Crippen LogP contribution in [0.3, 0.4) is 0 Å². The highest BCUT2D eigenvalue weighted by molar-refractivity contribution is 6.30. The molecule has 14 heavy (non-hydrogen) atoms. The van der Waals surface area contributed by atoms with E-state index in [0.29, 0.717) is 10.8 Å². The molecule has 0 aliphatic heterocycles. The first kappa shape index (κ1) is 10.8. The van der Waals surface area contributed by atoms with Crippen molar-refractivity contribution in [3.05, 3.63) is 28.8 Å². The number of nitrogens with zero attached hydrogens (tertiary/aromatic N) is 1. The second-order valence-corrected chi connectivity index (χ2v) is 3.33. The van der Waals surface area contributed by atoms with Gasteiger partial charge in [0.15, 0.2) is 0 Å². The molecule has 1 rings (SSSR count). The fourth-order valence-corrected chi connectivity index (χ4v) is 1.37. The van der Waals surface area contributed by atoms with Gasteiger partial charge in [0.1, 0.15) is 5.75 Å². The summed E-state index contributed by atoms with van der Waals surface area (Å²) in [6, 6.07) is 6.93. The third-order valence-corrected chi connectivity index (χ3v) is 2.09. The largest absolute Gasteiger partial charge is 0.497 e. The van der Waals surface area contributed by atoms with Gasteiger partial charge in [0.2, 0.25) is 0 Å². The van der Waals surface area contributed by atoms with Crippen molar-refractivity contribution in [3.63, 3.8) is 0 Å². The van der Waals surface area contributed by atoms with Gasteiger partial charge in [-0.05, 0) is 23.8 Å². The molecule has 0 fully saturated rings. The molecular formula is C10H11ClN2O. The summed E-state index contributed by atoms with van der Waals surface area (Å²) < 4.78 is 5.04. The molecule has 1 aromatic rings. The highest BCUT2D eigenvalue weighted by atomic mass is 35.5. The minimum absolute atomic E-state index is 0.267. The number of hydrogen-bond acceptors (Lipinski definition) is 3. The summed E-state index contributed by atoms with van der Waals surface area (Å²) >= 11 is 5.85. The molecule has 3 nitrogen and oxygen atoms in total. The number of nitriles is 1. The fourth-order valence-electron chi connectivity index (χ4n) is 1.13. The first-order chi connectivity index (χ1) is 6.67. The third kappa shape index (κ3) is 2.63. The van der Waals surface area contributed by atoms with Gasteiger partial charge in [-0.25, -0.2) is 0 Å². The summed E-state index contributed by atoms with van der Waals surface area (Å²) in [7, 11) is 1.56. The van der Waals surface area contributed by atoms with Crippen molar-refractivity contribution in [2.24, 2.45) is 5.73 Å². The summed E-state index contributed by atoms with van der Waals surface area (Å²) in [4.78, 5) is 0. The zero-order valence-corrected chi connectivity index (χ0v) is 8.58. The molecule has 0 unspecified atom stereocenters. The Labute approximate surface area is 88.0 Å². The molecule has 0 bridgehead atoms. The van der Waals surface area contributed by atoms with Crippen LogP contribution in [-0.4, -0.2) is 7.11 Å². The average molecular weight is 211 g/mol. The maximum absolute atomic E-state index is 8.50. The molecule has 0 aliphatic rings. The van der Waals surface area contributed by atoms with E-state index in [1.807, 2.05) is 6.07 Å². The SMILES string of the molecule is COc1cc(Cl)cc([C@H](N)CC#N)c1. The Kier molecular flexibility index (Phi) is 3.75. The van der Waals surface area contributed by atoms with Gasteiger partial charge in [0.25, 0.3) is 0 Å². The molecule has 0 aromatic heterocycles. The number of hydrogen-bond donors (Lipinski definition) is 1. The molecule has 2 N–H and O–H groups in total. The normalized spacial score (nSPS) is 11.9. The standard InChI is InChI=1S/C10H11ClN2O/c1-14-9-5-7(4-8(11)6-9)10(13)2-3-12/h4-6,10H,2,13H2,1H3/t10-/m1/s1. The quantitative estimate of drug-likeness (QED) is 0.833. The summed E-state index contributed by atoms with van der Waals surface area (Å²) in [5.41, 5.74) is 6.58. The van der Waals surface area contributed by atoms with Crippen LogP contribution in [0.1, 0.15) is 18.0 Å². The zero-order chi connectivity index (χ0) is 10.6. The van der Waals surface area contributed by atoms with Gasteiger partial charge in [-0.1, -0.05) is 11.6 Å². The first-order valence-corrected chi connectivity index (χ1v) is 4.52. The monoisotopic (exact) mass is 210 g/mol. The van der Waals surface area contributed by atoms with Gasteiger partial charge in [0.05, 0.1) is 19.6 Å². The molecule has 0 saturated heterocycles.